The molecule has 0 spiro atoms. The molecule has 114 valence electrons. The molecule has 2 aliphatic rings. The molecule has 1 atom stereocenters. The fraction of sp³-hybridized carbons (Fsp3) is 0.556. The van der Waals surface area contributed by atoms with E-state index in [1.54, 1.807) is 0 Å². The van der Waals surface area contributed by atoms with Crippen molar-refractivity contribution in [3.05, 3.63) is 35.4 Å². The van der Waals surface area contributed by atoms with Crippen molar-refractivity contribution >= 4 is 5.57 Å². The average molecular weight is 287 g/mol. The van der Waals surface area contributed by atoms with Gasteiger partial charge in [0.1, 0.15) is 18.5 Å². The van der Waals surface area contributed by atoms with Crippen molar-refractivity contribution in [2.24, 2.45) is 0 Å². The van der Waals surface area contributed by atoms with Gasteiger partial charge in [0.05, 0.1) is 6.61 Å². The highest BCUT2D eigenvalue weighted by molar-refractivity contribution is 5.72. The smallest absolute Gasteiger partial charge is 0.119 e. The maximum atomic E-state index is 5.96. The summed E-state index contributed by atoms with van der Waals surface area (Å²) in [6.07, 6.45) is 3.48. The number of nitrogens with zero attached hydrogens (tertiary/aromatic N) is 1. The van der Waals surface area contributed by atoms with Crippen LogP contribution in [0.2, 0.25) is 0 Å². The Hall–Kier alpha value is -1.32. The summed E-state index contributed by atoms with van der Waals surface area (Å²) in [6, 6.07) is 6.99. The van der Waals surface area contributed by atoms with Crippen LogP contribution in [0.3, 0.4) is 0 Å². The minimum atomic E-state index is 0.175. The van der Waals surface area contributed by atoms with E-state index in [2.05, 4.69) is 49.9 Å². The molecule has 1 aromatic carbocycles. The molecule has 0 saturated carbocycles. The molecule has 0 radical (unpaired) electrons. The highest BCUT2D eigenvalue weighted by Gasteiger charge is 2.22. The third kappa shape index (κ3) is 3.30. The number of ether oxygens (including phenoxy) is 2. The SMILES string of the molecule is CC1=CCc2cc(OCC3CN(C(C)C)CCO3)ccc21. The van der Waals surface area contributed by atoms with Crippen molar-refractivity contribution in [3.8, 4) is 5.75 Å². The first-order valence-electron chi connectivity index (χ1n) is 7.92. The lowest BCUT2D eigenvalue weighted by atomic mass is 10.1. The minimum Gasteiger partial charge on any atom is -0.491 e. The summed E-state index contributed by atoms with van der Waals surface area (Å²) in [5, 5.41) is 0. The molecular formula is C18H25NO2. The minimum absolute atomic E-state index is 0.175. The number of morpholine rings is 1. The molecule has 3 nitrogen and oxygen atoms in total. The molecule has 0 bridgehead atoms. The molecule has 1 aromatic rings. The van der Waals surface area contributed by atoms with Crippen LogP contribution in [0.25, 0.3) is 5.57 Å². The summed E-state index contributed by atoms with van der Waals surface area (Å²) >= 11 is 0. The fourth-order valence-corrected chi connectivity index (χ4v) is 3.09. The topological polar surface area (TPSA) is 21.7 Å². The van der Waals surface area contributed by atoms with Crippen LogP contribution >= 0.6 is 0 Å². The molecule has 1 heterocycles. The summed E-state index contributed by atoms with van der Waals surface area (Å²) in [5.41, 5.74) is 4.11. The molecule has 0 N–H and O–H groups in total. The number of allylic oxidation sites excluding steroid dienone is 2. The highest BCUT2D eigenvalue weighted by atomic mass is 16.5. The lowest BCUT2D eigenvalue weighted by Gasteiger charge is -2.35. The second-order valence-electron chi connectivity index (χ2n) is 6.30. The van der Waals surface area contributed by atoms with Gasteiger partial charge >= 0.3 is 0 Å². The third-order valence-corrected chi connectivity index (χ3v) is 4.47. The van der Waals surface area contributed by atoms with Crippen LogP contribution in [0.4, 0.5) is 0 Å². The van der Waals surface area contributed by atoms with Crippen molar-refractivity contribution in [2.75, 3.05) is 26.3 Å². The van der Waals surface area contributed by atoms with Crippen molar-refractivity contribution in [3.63, 3.8) is 0 Å². The first-order chi connectivity index (χ1) is 10.1. The maximum absolute atomic E-state index is 5.96. The van der Waals surface area contributed by atoms with E-state index < -0.39 is 0 Å². The van der Waals surface area contributed by atoms with Crippen LogP contribution in [0.15, 0.2) is 24.3 Å². The maximum Gasteiger partial charge on any atom is 0.119 e. The highest BCUT2D eigenvalue weighted by Crippen LogP contribution is 2.30. The van der Waals surface area contributed by atoms with Crippen molar-refractivity contribution in [1.29, 1.82) is 0 Å². The summed E-state index contributed by atoms with van der Waals surface area (Å²) in [5.74, 6) is 0.960. The zero-order chi connectivity index (χ0) is 14.8. The number of rotatable bonds is 4. The zero-order valence-electron chi connectivity index (χ0n) is 13.3. The molecule has 0 aromatic heterocycles. The van der Waals surface area contributed by atoms with E-state index >= 15 is 0 Å². The normalized spacial score (nSPS) is 22.3. The van der Waals surface area contributed by atoms with E-state index in [0.29, 0.717) is 12.6 Å². The van der Waals surface area contributed by atoms with Gasteiger partial charge in [0, 0.05) is 19.1 Å². The molecule has 0 amide bonds. The lowest BCUT2D eigenvalue weighted by molar-refractivity contribution is -0.0564. The first-order valence-corrected chi connectivity index (χ1v) is 7.92. The molecule has 3 heteroatoms. The van der Waals surface area contributed by atoms with E-state index in [1.807, 2.05) is 0 Å². The predicted molar refractivity (Wildman–Crippen MR) is 85.7 cm³/mol. The van der Waals surface area contributed by atoms with Crippen molar-refractivity contribution in [2.45, 2.75) is 39.3 Å². The van der Waals surface area contributed by atoms with Gasteiger partial charge in [-0.05, 0) is 56.0 Å². The van der Waals surface area contributed by atoms with Gasteiger partial charge in [0.15, 0.2) is 0 Å². The Bertz CT molecular complexity index is 536. The third-order valence-electron chi connectivity index (χ3n) is 4.47. The number of hydrogen-bond acceptors (Lipinski definition) is 3. The van der Waals surface area contributed by atoms with Crippen LogP contribution in [0.5, 0.6) is 5.75 Å². The largest absolute Gasteiger partial charge is 0.491 e. The van der Waals surface area contributed by atoms with Crippen LogP contribution in [-0.4, -0.2) is 43.3 Å². The van der Waals surface area contributed by atoms with Crippen molar-refractivity contribution < 1.29 is 9.47 Å². The molecule has 1 aliphatic heterocycles. The van der Waals surface area contributed by atoms with Gasteiger partial charge in [-0.25, -0.2) is 0 Å². The molecule has 1 saturated heterocycles. The van der Waals surface area contributed by atoms with Gasteiger partial charge in [-0.2, -0.15) is 0 Å². The average Bonchev–Trinajstić information content (AvgIpc) is 2.86. The van der Waals surface area contributed by atoms with Gasteiger partial charge in [-0.3, -0.25) is 4.90 Å². The molecular weight excluding hydrogens is 262 g/mol. The van der Waals surface area contributed by atoms with E-state index in [9.17, 15) is 0 Å². The van der Waals surface area contributed by atoms with Gasteiger partial charge in [-0.15, -0.1) is 0 Å². The van der Waals surface area contributed by atoms with E-state index in [1.165, 1.54) is 16.7 Å². The molecule has 21 heavy (non-hydrogen) atoms. The predicted octanol–water partition coefficient (Wildman–Crippen LogP) is 3.13. The van der Waals surface area contributed by atoms with Gasteiger partial charge in [-0.1, -0.05) is 12.1 Å². The lowest BCUT2D eigenvalue weighted by Crippen LogP contribution is -2.47. The standard InChI is InChI=1S/C18H25NO2/c1-13(2)19-8-9-20-17(11-19)12-21-16-6-7-18-14(3)4-5-15(18)10-16/h4,6-7,10,13,17H,5,8-9,11-12H2,1-3H3. The van der Waals surface area contributed by atoms with Crippen LogP contribution in [0, 0.1) is 0 Å². The second kappa shape index (κ2) is 6.20. The summed E-state index contributed by atoms with van der Waals surface area (Å²) in [7, 11) is 0. The number of benzene rings is 1. The van der Waals surface area contributed by atoms with Crippen LogP contribution < -0.4 is 4.74 Å². The number of fused-ring (bicyclic) bond motifs is 1. The Morgan fingerprint density at radius 2 is 2.24 bits per heavy atom. The van der Waals surface area contributed by atoms with Crippen LogP contribution in [0.1, 0.15) is 31.9 Å². The second-order valence-corrected chi connectivity index (χ2v) is 6.30. The number of hydrogen-bond donors (Lipinski definition) is 0. The Labute approximate surface area is 127 Å². The molecule has 1 fully saturated rings. The van der Waals surface area contributed by atoms with Crippen LogP contribution in [-0.2, 0) is 11.2 Å². The Morgan fingerprint density at radius 3 is 3.05 bits per heavy atom. The zero-order valence-corrected chi connectivity index (χ0v) is 13.3. The van der Waals surface area contributed by atoms with E-state index in [-0.39, 0.29) is 6.10 Å². The molecule has 1 unspecified atom stereocenters. The van der Waals surface area contributed by atoms with Crippen molar-refractivity contribution in [1.82, 2.24) is 4.90 Å². The van der Waals surface area contributed by atoms with E-state index in [0.717, 1.165) is 31.9 Å². The van der Waals surface area contributed by atoms with Gasteiger partial charge in [0.2, 0.25) is 0 Å². The van der Waals surface area contributed by atoms with Gasteiger partial charge in [0.25, 0.3) is 0 Å². The monoisotopic (exact) mass is 287 g/mol. The van der Waals surface area contributed by atoms with Gasteiger partial charge < -0.3 is 9.47 Å². The molecule has 3 rings (SSSR count). The van der Waals surface area contributed by atoms with E-state index in [4.69, 9.17) is 9.47 Å². The molecule has 1 aliphatic carbocycles. The summed E-state index contributed by atoms with van der Waals surface area (Å²) in [6.45, 7) is 10.1. The first kappa shape index (κ1) is 14.6. The Balaban J connectivity index is 1.56. The quantitative estimate of drug-likeness (QED) is 0.849. The summed E-state index contributed by atoms with van der Waals surface area (Å²) < 4.78 is 11.8. The Kier molecular flexibility index (Phi) is 4.32. The fourth-order valence-electron chi connectivity index (χ4n) is 3.09. The summed E-state index contributed by atoms with van der Waals surface area (Å²) in [4.78, 5) is 2.45. The Morgan fingerprint density at radius 1 is 1.38 bits per heavy atom.